The van der Waals surface area contributed by atoms with Crippen LogP contribution in [0.3, 0.4) is 0 Å². The third-order valence-electron chi connectivity index (χ3n) is 6.46. The maximum absolute atomic E-state index is 12.0. The van der Waals surface area contributed by atoms with E-state index in [0.29, 0.717) is 25.9 Å². The van der Waals surface area contributed by atoms with Gasteiger partial charge >= 0.3 is 6.09 Å². The lowest BCUT2D eigenvalue weighted by Gasteiger charge is -2.32. The standard InChI is InChI=1S/C23H28N4O4/c1-13-21(14(2)31-26-13)15-4-9-20-19(12-15)24-22(18-10-11-30-23(28)25-18)27(20)16-5-7-17(29-3)8-6-16/h4,9,12,16-18H,5-8,10-11H2,1-3H3,(H,25,28)/i3D3. The fourth-order valence-electron chi connectivity index (χ4n) is 4.94. The molecule has 1 aliphatic heterocycles. The van der Waals surface area contributed by atoms with Gasteiger partial charge in [-0.25, -0.2) is 9.78 Å². The number of cyclic esters (lactones) is 1. The van der Waals surface area contributed by atoms with E-state index in [1.807, 2.05) is 26.0 Å². The summed E-state index contributed by atoms with van der Waals surface area (Å²) in [4.78, 5) is 16.9. The van der Waals surface area contributed by atoms with Gasteiger partial charge in [-0.1, -0.05) is 11.2 Å². The Morgan fingerprint density at radius 1 is 1.23 bits per heavy atom. The van der Waals surface area contributed by atoms with Crippen molar-refractivity contribution >= 4 is 17.1 Å². The van der Waals surface area contributed by atoms with Crippen LogP contribution in [0.1, 0.15) is 65.6 Å². The number of benzene rings is 1. The van der Waals surface area contributed by atoms with Gasteiger partial charge in [0.15, 0.2) is 0 Å². The molecule has 3 heterocycles. The molecule has 0 bridgehead atoms. The topological polar surface area (TPSA) is 91.4 Å². The molecule has 1 atom stereocenters. The molecule has 3 aromatic rings. The number of ether oxygens (including phenoxy) is 2. The molecule has 164 valence electrons. The monoisotopic (exact) mass is 427 g/mol. The van der Waals surface area contributed by atoms with Crippen molar-refractivity contribution in [1.29, 1.82) is 0 Å². The van der Waals surface area contributed by atoms with E-state index in [1.54, 1.807) is 0 Å². The molecule has 8 heteroatoms. The average molecular weight is 428 g/mol. The first-order valence-electron chi connectivity index (χ1n) is 12.3. The minimum absolute atomic E-state index is 0.126. The molecule has 1 saturated carbocycles. The molecule has 1 aliphatic carbocycles. The van der Waals surface area contributed by atoms with E-state index in [4.69, 9.17) is 23.1 Å². The molecule has 0 spiro atoms. The molecule has 5 rings (SSSR count). The Hall–Kier alpha value is -2.87. The van der Waals surface area contributed by atoms with Gasteiger partial charge < -0.3 is 23.9 Å². The third kappa shape index (κ3) is 3.59. The van der Waals surface area contributed by atoms with E-state index in [2.05, 4.69) is 21.1 Å². The highest BCUT2D eigenvalue weighted by atomic mass is 16.6. The minimum Gasteiger partial charge on any atom is -0.449 e. The van der Waals surface area contributed by atoms with Crippen LogP contribution < -0.4 is 5.32 Å². The summed E-state index contributed by atoms with van der Waals surface area (Å²) in [5.41, 5.74) is 4.56. The minimum atomic E-state index is -2.38. The van der Waals surface area contributed by atoms with Crippen LogP contribution in [0, 0.1) is 13.8 Å². The maximum Gasteiger partial charge on any atom is 0.407 e. The third-order valence-corrected chi connectivity index (χ3v) is 6.46. The van der Waals surface area contributed by atoms with Crippen LogP contribution >= 0.6 is 0 Å². The normalized spacial score (nSPS) is 26.1. The quantitative estimate of drug-likeness (QED) is 0.654. The number of aryl methyl sites for hydroxylation is 2. The summed E-state index contributed by atoms with van der Waals surface area (Å²) in [5, 5.41) is 6.97. The van der Waals surface area contributed by atoms with E-state index in [1.165, 1.54) is 0 Å². The van der Waals surface area contributed by atoms with E-state index in [9.17, 15) is 4.79 Å². The highest BCUT2D eigenvalue weighted by Crippen LogP contribution is 2.37. The van der Waals surface area contributed by atoms with E-state index in [0.717, 1.165) is 52.3 Å². The van der Waals surface area contributed by atoms with Gasteiger partial charge in [0.05, 0.1) is 39.6 Å². The fourth-order valence-corrected chi connectivity index (χ4v) is 4.94. The van der Waals surface area contributed by atoms with E-state index >= 15 is 0 Å². The van der Waals surface area contributed by atoms with Crippen LogP contribution in [-0.4, -0.2) is 40.5 Å². The lowest BCUT2D eigenvalue weighted by molar-refractivity contribution is 0.0580. The summed E-state index contributed by atoms with van der Waals surface area (Å²) in [7, 11) is -2.38. The average Bonchev–Trinajstić information content (AvgIpc) is 3.32. The van der Waals surface area contributed by atoms with Crippen molar-refractivity contribution in [3.8, 4) is 11.1 Å². The molecule has 1 N–H and O–H groups in total. The molecule has 1 saturated heterocycles. The molecule has 2 aromatic heterocycles. The predicted octanol–water partition coefficient (Wildman–Crippen LogP) is 4.61. The zero-order valence-electron chi connectivity index (χ0n) is 20.7. The predicted molar refractivity (Wildman–Crippen MR) is 115 cm³/mol. The van der Waals surface area contributed by atoms with Crippen molar-refractivity contribution in [1.82, 2.24) is 20.0 Å². The van der Waals surface area contributed by atoms with Gasteiger partial charge in [0.25, 0.3) is 0 Å². The molecule has 8 nitrogen and oxygen atoms in total. The van der Waals surface area contributed by atoms with Crippen molar-refractivity contribution < 1.29 is 22.9 Å². The van der Waals surface area contributed by atoms with Crippen LogP contribution in [0.5, 0.6) is 0 Å². The Kier molecular flexibility index (Phi) is 4.33. The van der Waals surface area contributed by atoms with Gasteiger partial charge in [-0.3, -0.25) is 0 Å². The second kappa shape index (κ2) is 8.00. The smallest absolute Gasteiger partial charge is 0.407 e. The van der Waals surface area contributed by atoms with Crippen molar-refractivity contribution in [2.24, 2.45) is 0 Å². The number of hydrogen-bond donors (Lipinski definition) is 1. The Morgan fingerprint density at radius 3 is 2.77 bits per heavy atom. The van der Waals surface area contributed by atoms with Gasteiger partial charge in [0.2, 0.25) is 0 Å². The lowest BCUT2D eigenvalue weighted by Crippen LogP contribution is -2.37. The number of methoxy groups -OCH3 is 1. The molecule has 1 unspecified atom stereocenters. The number of amides is 1. The van der Waals surface area contributed by atoms with Crippen molar-refractivity contribution in [3.05, 3.63) is 35.5 Å². The highest BCUT2D eigenvalue weighted by molar-refractivity contribution is 5.84. The molecular formula is C23H28N4O4. The number of aromatic nitrogens is 3. The number of nitrogens with one attached hydrogen (secondary N) is 1. The van der Waals surface area contributed by atoms with Crippen molar-refractivity contribution in [2.45, 2.75) is 64.1 Å². The molecule has 2 fully saturated rings. The van der Waals surface area contributed by atoms with Crippen molar-refractivity contribution in [3.63, 3.8) is 0 Å². The van der Waals surface area contributed by atoms with Crippen molar-refractivity contribution in [2.75, 3.05) is 13.6 Å². The van der Waals surface area contributed by atoms with Gasteiger partial charge in [0.1, 0.15) is 11.6 Å². The molecule has 2 aliphatic rings. The maximum atomic E-state index is 12.0. The zero-order valence-corrected chi connectivity index (χ0v) is 17.7. The Labute approximate surface area is 185 Å². The summed E-state index contributed by atoms with van der Waals surface area (Å²) in [5.74, 6) is 1.54. The van der Waals surface area contributed by atoms with Gasteiger partial charge in [0, 0.05) is 25.1 Å². The number of carbonyl (C=O) groups excluding carboxylic acids is 1. The molecule has 1 aromatic carbocycles. The number of nitrogens with zero attached hydrogens (tertiary/aromatic N) is 3. The first-order chi connectivity index (χ1) is 16.2. The summed E-state index contributed by atoms with van der Waals surface area (Å²) in [6.45, 7) is 4.14. The Bertz CT molecular complexity index is 1190. The Balaban J connectivity index is 1.52. The summed E-state index contributed by atoms with van der Waals surface area (Å²) >= 11 is 0. The second-order valence-electron chi connectivity index (χ2n) is 8.41. The van der Waals surface area contributed by atoms with Gasteiger partial charge in [-0.05, 0) is 57.2 Å². The number of carbonyl (C=O) groups is 1. The van der Waals surface area contributed by atoms with Crippen LogP contribution in [0.25, 0.3) is 22.2 Å². The molecule has 1 amide bonds. The Morgan fingerprint density at radius 2 is 2.06 bits per heavy atom. The number of rotatable bonds is 4. The van der Waals surface area contributed by atoms with E-state index < -0.39 is 13.1 Å². The largest absolute Gasteiger partial charge is 0.449 e. The fraction of sp³-hybridized carbons (Fsp3) is 0.522. The molecular weight excluding hydrogens is 396 g/mol. The number of imidazole rings is 1. The molecule has 31 heavy (non-hydrogen) atoms. The van der Waals surface area contributed by atoms with Gasteiger partial charge in [-0.2, -0.15) is 0 Å². The summed E-state index contributed by atoms with van der Waals surface area (Å²) < 4.78 is 40.1. The number of hydrogen-bond acceptors (Lipinski definition) is 6. The SMILES string of the molecule is [2H]C([2H])([2H])OC1CCC(n2c(C3CCOC(=O)N3)nc3cc(-c4c(C)noc4C)ccc32)CC1. The van der Waals surface area contributed by atoms with Crippen LogP contribution in [-0.2, 0) is 9.47 Å². The van der Waals surface area contributed by atoms with Gasteiger partial charge in [-0.15, -0.1) is 0 Å². The zero-order chi connectivity index (χ0) is 24.0. The van der Waals surface area contributed by atoms with Crippen LogP contribution in [0.2, 0.25) is 0 Å². The van der Waals surface area contributed by atoms with Crippen LogP contribution in [0.15, 0.2) is 22.7 Å². The molecule has 0 radical (unpaired) electrons. The summed E-state index contributed by atoms with van der Waals surface area (Å²) in [6.07, 6.45) is 2.74. The summed E-state index contributed by atoms with van der Waals surface area (Å²) in [6, 6.07) is 6.00. The first-order valence-corrected chi connectivity index (χ1v) is 10.8. The second-order valence-corrected chi connectivity index (χ2v) is 8.41. The highest BCUT2D eigenvalue weighted by Gasteiger charge is 2.31. The van der Waals surface area contributed by atoms with Crippen LogP contribution in [0.4, 0.5) is 4.79 Å². The number of alkyl carbamates (subject to hydrolysis) is 1. The number of fused-ring (bicyclic) bond motifs is 1. The lowest BCUT2D eigenvalue weighted by atomic mass is 9.92. The van der Waals surface area contributed by atoms with E-state index in [-0.39, 0.29) is 18.2 Å². The first kappa shape index (κ1) is 16.8.